The lowest BCUT2D eigenvalue weighted by Crippen LogP contribution is -2.42. The molecule has 1 atom stereocenters. The first-order chi connectivity index (χ1) is 8.26. The van der Waals surface area contributed by atoms with E-state index in [1.165, 1.54) is 12.8 Å². The molecule has 0 aromatic rings. The van der Waals surface area contributed by atoms with Crippen LogP contribution in [0, 0.1) is 0 Å². The molecule has 4 nitrogen and oxygen atoms in total. The van der Waals surface area contributed by atoms with Gasteiger partial charge in [0.1, 0.15) is 6.04 Å². The van der Waals surface area contributed by atoms with Gasteiger partial charge in [0.15, 0.2) is 0 Å². The van der Waals surface area contributed by atoms with Gasteiger partial charge < -0.3 is 14.8 Å². The molecule has 0 bridgehead atoms. The van der Waals surface area contributed by atoms with Crippen molar-refractivity contribution in [2.45, 2.75) is 52.5 Å². The lowest BCUT2D eigenvalue weighted by Gasteiger charge is -2.16. The minimum atomic E-state index is -0.323. The first-order valence-electron chi connectivity index (χ1n) is 6.73. The van der Waals surface area contributed by atoms with E-state index in [1.54, 1.807) is 0 Å². The van der Waals surface area contributed by atoms with Crippen LogP contribution in [0.5, 0.6) is 0 Å². The number of carbonyl (C=O) groups is 1. The Morgan fingerprint density at radius 1 is 1.18 bits per heavy atom. The number of hydrogen-bond acceptors (Lipinski definition) is 4. The topological polar surface area (TPSA) is 47.6 Å². The van der Waals surface area contributed by atoms with Gasteiger partial charge in [0.2, 0.25) is 0 Å². The van der Waals surface area contributed by atoms with Gasteiger partial charge in [0, 0.05) is 6.61 Å². The molecule has 0 fully saturated rings. The Morgan fingerprint density at radius 3 is 2.53 bits per heavy atom. The number of carbonyl (C=O) groups excluding carboxylic acids is 1. The molecule has 0 saturated heterocycles. The van der Waals surface area contributed by atoms with Crippen molar-refractivity contribution in [1.29, 1.82) is 0 Å². The Bertz CT molecular complexity index is 186. The zero-order valence-corrected chi connectivity index (χ0v) is 11.5. The molecule has 0 saturated carbocycles. The minimum absolute atomic E-state index is 0.212. The van der Waals surface area contributed by atoms with Crippen LogP contribution in [0.15, 0.2) is 0 Å². The summed E-state index contributed by atoms with van der Waals surface area (Å²) in [5, 5.41) is 3.15. The van der Waals surface area contributed by atoms with Crippen LogP contribution in [0.4, 0.5) is 0 Å². The average Bonchev–Trinajstić information content (AvgIpc) is 2.33. The third-order valence-corrected chi connectivity index (χ3v) is 2.39. The zero-order valence-electron chi connectivity index (χ0n) is 11.5. The molecular formula is C13H27NO3. The molecule has 4 heteroatoms. The molecule has 0 amide bonds. The number of unbranched alkanes of at least 4 members (excludes halogenated alkanes) is 2. The van der Waals surface area contributed by atoms with Gasteiger partial charge in [-0.1, -0.05) is 26.7 Å². The standard InChI is InChI=1S/C13H27NO3/c1-4-7-8-10-16-11-12(14-9-5-2)13(15)17-6-3/h12,14H,4-11H2,1-3H3. The van der Waals surface area contributed by atoms with E-state index < -0.39 is 0 Å². The summed E-state index contributed by atoms with van der Waals surface area (Å²) in [6, 6.07) is -0.323. The highest BCUT2D eigenvalue weighted by Crippen LogP contribution is 1.97. The monoisotopic (exact) mass is 245 g/mol. The maximum atomic E-state index is 11.6. The normalized spacial score (nSPS) is 12.4. The molecule has 1 unspecified atom stereocenters. The molecule has 0 aliphatic carbocycles. The summed E-state index contributed by atoms with van der Waals surface area (Å²) in [5.74, 6) is -0.212. The second kappa shape index (κ2) is 11.9. The maximum Gasteiger partial charge on any atom is 0.325 e. The van der Waals surface area contributed by atoms with Gasteiger partial charge >= 0.3 is 5.97 Å². The van der Waals surface area contributed by atoms with Gasteiger partial charge in [-0.05, 0) is 26.3 Å². The van der Waals surface area contributed by atoms with Crippen LogP contribution in [-0.4, -0.2) is 38.4 Å². The number of nitrogens with one attached hydrogen (secondary N) is 1. The van der Waals surface area contributed by atoms with E-state index in [2.05, 4.69) is 19.2 Å². The van der Waals surface area contributed by atoms with E-state index in [0.29, 0.717) is 13.2 Å². The first kappa shape index (κ1) is 16.4. The summed E-state index contributed by atoms with van der Waals surface area (Å²) in [4.78, 5) is 11.6. The quantitative estimate of drug-likeness (QED) is 0.447. The highest BCUT2D eigenvalue weighted by atomic mass is 16.5. The SMILES string of the molecule is CCCCCOCC(NCCC)C(=O)OCC. The van der Waals surface area contributed by atoms with E-state index in [4.69, 9.17) is 9.47 Å². The Balaban J connectivity index is 3.80. The number of hydrogen-bond donors (Lipinski definition) is 1. The van der Waals surface area contributed by atoms with Crippen LogP contribution in [0.25, 0.3) is 0 Å². The largest absolute Gasteiger partial charge is 0.465 e. The van der Waals surface area contributed by atoms with Crippen LogP contribution in [-0.2, 0) is 14.3 Å². The van der Waals surface area contributed by atoms with Gasteiger partial charge in [-0.15, -0.1) is 0 Å². The predicted molar refractivity (Wildman–Crippen MR) is 69.1 cm³/mol. The van der Waals surface area contributed by atoms with Crippen molar-refractivity contribution in [2.24, 2.45) is 0 Å². The van der Waals surface area contributed by atoms with Crippen LogP contribution < -0.4 is 5.32 Å². The molecule has 0 radical (unpaired) electrons. The molecule has 0 heterocycles. The summed E-state index contributed by atoms with van der Waals surface area (Å²) in [6.45, 7) is 8.39. The molecule has 0 aliphatic rings. The summed E-state index contributed by atoms with van der Waals surface area (Å²) >= 11 is 0. The number of esters is 1. The van der Waals surface area contributed by atoms with E-state index in [0.717, 1.165) is 26.0 Å². The smallest absolute Gasteiger partial charge is 0.325 e. The van der Waals surface area contributed by atoms with Crippen LogP contribution in [0.2, 0.25) is 0 Å². The van der Waals surface area contributed by atoms with Crippen LogP contribution in [0.3, 0.4) is 0 Å². The Labute approximate surface area is 105 Å². The van der Waals surface area contributed by atoms with Crippen molar-refractivity contribution >= 4 is 5.97 Å². The third kappa shape index (κ3) is 9.12. The van der Waals surface area contributed by atoms with E-state index in [1.807, 2.05) is 6.92 Å². The fourth-order valence-corrected chi connectivity index (χ4v) is 1.43. The molecule has 102 valence electrons. The van der Waals surface area contributed by atoms with Crippen molar-refractivity contribution in [1.82, 2.24) is 5.32 Å². The Hall–Kier alpha value is -0.610. The minimum Gasteiger partial charge on any atom is -0.465 e. The summed E-state index contributed by atoms with van der Waals surface area (Å²) in [6.07, 6.45) is 4.40. The van der Waals surface area contributed by atoms with Crippen LogP contribution in [0.1, 0.15) is 46.5 Å². The lowest BCUT2D eigenvalue weighted by molar-refractivity contribution is -0.147. The Kier molecular flexibility index (Phi) is 11.4. The zero-order chi connectivity index (χ0) is 12.9. The second-order valence-electron chi connectivity index (χ2n) is 4.04. The van der Waals surface area contributed by atoms with E-state index in [9.17, 15) is 4.79 Å². The van der Waals surface area contributed by atoms with Crippen molar-refractivity contribution in [3.63, 3.8) is 0 Å². The Morgan fingerprint density at radius 2 is 1.94 bits per heavy atom. The maximum absolute atomic E-state index is 11.6. The summed E-state index contributed by atoms with van der Waals surface area (Å²) in [5.41, 5.74) is 0. The van der Waals surface area contributed by atoms with Crippen molar-refractivity contribution in [3.8, 4) is 0 Å². The van der Waals surface area contributed by atoms with E-state index >= 15 is 0 Å². The van der Waals surface area contributed by atoms with Crippen LogP contribution >= 0.6 is 0 Å². The first-order valence-corrected chi connectivity index (χ1v) is 6.73. The van der Waals surface area contributed by atoms with Gasteiger partial charge in [-0.25, -0.2) is 0 Å². The van der Waals surface area contributed by atoms with Crippen molar-refractivity contribution < 1.29 is 14.3 Å². The highest BCUT2D eigenvalue weighted by molar-refractivity contribution is 5.75. The summed E-state index contributed by atoms with van der Waals surface area (Å²) < 4.78 is 10.5. The van der Waals surface area contributed by atoms with E-state index in [-0.39, 0.29) is 12.0 Å². The predicted octanol–water partition coefficient (Wildman–Crippen LogP) is 2.12. The van der Waals surface area contributed by atoms with Crippen molar-refractivity contribution in [3.05, 3.63) is 0 Å². The fourth-order valence-electron chi connectivity index (χ4n) is 1.43. The third-order valence-electron chi connectivity index (χ3n) is 2.39. The molecular weight excluding hydrogens is 218 g/mol. The molecule has 0 aromatic carbocycles. The fraction of sp³-hybridized carbons (Fsp3) is 0.923. The summed E-state index contributed by atoms with van der Waals surface area (Å²) in [7, 11) is 0. The second-order valence-corrected chi connectivity index (χ2v) is 4.04. The molecule has 17 heavy (non-hydrogen) atoms. The van der Waals surface area contributed by atoms with Crippen molar-refractivity contribution in [2.75, 3.05) is 26.4 Å². The lowest BCUT2D eigenvalue weighted by atomic mass is 10.2. The van der Waals surface area contributed by atoms with Gasteiger partial charge in [-0.3, -0.25) is 4.79 Å². The molecule has 1 N–H and O–H groups in total. The van der Waals surface area contributed by atoms with Gasteiger partial charge in [0.25, 0.3) is 0 Å². The van der Waals surface area contributed by atoms with Gasteiger partial charge in [-0.2, -0.15) is 0 Å². The number of rotatable bonds is 11. The number of ether oxygens (including phenoxy) is 2. The average molecular weight is 245 g/mol. The molecule has 0 aliphatic heterocycles. The molecule has 0 rings (SSSR count). The van der Waals surface area contributed by atoms with Gasteiger partial charge in [0.05, 0.1) is 13.2 Å². The highest BCUT2D eigenvalue weighted by Gasteiger charge is 2.18. The molecule has 0 aromatic heterocycles. The molecule has 0 spiro atoms.